The van der Waals surface area contributed by atoms with E-state index in [0.29, 0.717) is 12.6 Å². The number of likely N-dealkylation sites (tertiary alicyclic amines) is 1. The summed E-state index contributed by atoms with van der Waals surface area (Å²) >= 11 is 0. The summed E-state index contributed by atoms with van der Waals surface area (Å²) in [5.74, 6) is -1.03. The summed E-state index contributed by atoms with van der Waals surface area (Å²) in [5.41, 5.74) is 0. The fourth-order valence-electron chi connectivity index (χ4n) is 2.28. The van der Waals surface area contributed by atoms with Gasteiger partial charge in [-0.25, -0.2) is 4.79 Å². The molecule has 6 nitrogen and oxygen atoms in total. The summed E-state index contributed by atoms with van der Waals surface area (Å²) < 4.78 is 0. The van der Waals surface area contributed by atoms with Crippen LogP contribution in [0.3, 0.4) is 0 Å². The lowest BCUT2D eigenvalue weighted by atomic mass is 10.0. The van der Waals surface area contributed by atoms with E-state index in [1.807, 2.05) is 0 Å². The Kier molecular flexibility index (Phi) is 6.62. The molecule has 0 radical (unpaired) electrons. The molecule has 0 saturated carbocycles. The van der Waals surface area contributed by atoms with Crippen molar-refractivity contribution in [1.29, 1.82) is 0 Å². The zero-order valence-corrected chi connectivity index (χ0v) is 11.8. The highest BCUT2D eigenvalue weighted by molar-refractivity contribution is 5.82. The number of rotatable bonds is 6. The molecule has 0 aromatic carbocycles. The summed E-state index contributed by atoms with van der Waals surface area (Å²) in [5, 5.41) is 13.7. The van der Waals surface area contributed by atoms with Gasteiger partial charge in [-0.3, -0.25) is 4.79 Å². The Hall–Kier alpha value is -1.30. The van der Waals surface area contributed by atoms with E-state index in [1.165, 1.54) is 26.2 Å². The van der Waals surface area contributed by atoms with Gasteiger partial charge in [0.2, 0.25) is 0 Å². The van der Waals surface area contributed by atoms with Crippen LogP contribution in [0.5, 0.6) is 0 Å². The lowest BCUT2D eigenvalue weighted by Crippen LogP contribution is -2.45. The fraction of sp³-hybridized carbons (Fsp3) is 0.846. The number of carboxylic acid groups (broad SMARTS) is 1. The van der Waals surface area contributed by atoms with Crippen molar-refractivity contribution in [2.45, 2.75) is 51.6 Å². The largest absolute Gasteiger partial charge is 0.480 e. The number of piperidine rings is 1. The lowest BCUT2D eigenvalue weighted by Gasteiger charge is -2.33. The Morgan fingerprint density at radius 2 is 2.16 bits per heavy atom. The average molecular weight is 271 g/mol. The molecule has 2 atom stereocenters. The zero-order chi connectivity index (χ0) is 14.3. The molecule has 0 spiro atoms. The summed E-state index contributed by atoms with van der Waals surface area (Å²) in [6.45, 7) is 6.38. The van der Waals surface area contributed by atoms with E-state index in [2.05, 4.69) is 22.5 Å². The molecule has 1 heterocycles. The van der Waals surface area contributed by atoms with Crippen molar-refractivity contribution in [2.24, 2.45) is 0 Å². The maximum Gasteiger partial charge on any atom is 0.325 e. The number of urea groups is 1. The van der Waals surface area contributed by atoms with Crippen LogP contribution in [0.1, 0.15) is 39.5 Å². The van der Waals surface area contributed by atoms with Crippen LogP contribution in [-0.2, 0) is 4.79 Å². The Labute approximate surface area is 114 Å². The maximum atomic E-state index is 11.4. The lowest BCUT2D eigenvalue weighted by molar-refractivity contribution is -0.138. The SMILES string of the molecule is CC1CCCCN1CCCNC(=O)N[C@@H](C)C(=O)O. The van der Waals surface area contributed by atoms with Crippen LogP contribution in [0.15, 0.2) is 0 Å². The van der Waals surface area contributed by atoms with Crippen molar-refractivity contribution >= 4 is 12.0 Å². The molecule has 6 heteroatoms. The van der Waals surface area contributed by atoms with E-state index in [0.717, 1.165) is 19.5 Å². The highest BCUT2D eigenvalue weighted by Gasteiger charge is 2.17. The molecule has 1 rings (SSSR count). The molecule has 1 aliphatic heterocycles. The normalized spacial score (nSPS) is 21.7. The van der Waals surface area contributed by atoms with Gasteiger partial charge in [-0.2, -0.15) is 0 Å². The van der Waals surface area contributed by atoms with Crippen molar-refractivity contribution in [1.82, 2.24) is 15.5 Å². The van der Waals surface area contributed by atoms with E-state index in [-0.39, 0.29) is 0 Å². The number of nitrogens with one attached hydrogen (secondary N) is 2. The summed E-state index contributed by atoms with van der Waals surface area (Å²) in [6, 6.07) is -0.640. The second-order valence-corrected chi connectivity index (χ2v) is 5.19. The molecule has 19 heavy (non-hydrogen) atoms. The van der Waals surface area contributed by atoms with Crippen LogP contribution in [-0.4, -0.2) is 53.7 Å². The van der Waals surface area contributed by atoms with Gasteiger partial charge in [0, 0.05) is 19.1 Å². The third-order valence-corrected chi connectivity index (χ3v) is 3.57. The average Bonchev–Trinajstić information content (AvgIpc) is 2.36. The van der Waals surface area contributed by atoms with Gasteiger partial charge >= 0.3 is 12.0 Å². The minimum absolute atomic E-state index is 0.415. The minimum atomic E-state index is -1.03. The highest BCUT2D eigenvalue weighted by Crippen LogP contribution is 2.15. The molecule has 0 aromatic rings. The van der Waals surface area contributed by atoms with Crippen LogP contribution in [0.4, 0.5) is 4.79 Å². The molecule has 1 unspecified atom stereocenters. The number of hydrogen-bond acceptors (Lipinski definition) is 3. The van der Waals surface area contributed by atoms with Crippen LogP contribution in [0, 0.1) is 0 Å². The van der Waals surface area contributed by atoms with E-state index >= 15 is 0 Å². The molecule has 1 fully saturated rings. The van der Waals surface area contributed by atoms with Crippen molar-refractivity contribution in [3.63, 3.8) is 0 Å². The number of carbonyl (C=O) groups excluding carboxylic acids is 1. The predicted molar refractivity (Wildman–Crippen MR) is 73.1 cm³/mol. The first kappa shape index (κ1) is 15.8. The van der Waals surface area contributed by atoms with Crippen molar-refractivity contribution in [3.05, 3.63) is 0 Å². The molecule has 3 N–H and O–H groups in total. The smallest absolute Gasteiger partial charge is 0.325 e. The number of carbonyl (C=O) groups is 2. The molecule has 1 saturated heterocycles. The van der Waals surface area contributed by atoms with Crippen molar-refractivity contribution in [3.8, 4) is 0 Å². The first-order valence-electron chi connectivity index (χ1n) is 7.02. The van der Waals surface area contributed by atoms with E-state index in [4.69, 9.17) is 5.11 Å². The number of nitrogens with zero attached hydrogens (tertiary/aromatic N) is 1. The Bertz CT molecular complexity index is 310. The van der Waals surface area contributed by atoms with Gasteiger partial charge in [-0.1, -0.05) is 6.42 Å². The standard InChI is InChI=1S/C13H25N3O3/c1-10-6-3-4-8-16(10)9-5-7-14-13(19)15-11(2)12(17)18/h10-11H,3-9H2,1-2H3,(H,17,18)(H2,14,15,19)/t10?,11-/m0/s1. The molecule has 0 aliphatic carbocycles. The minimum Gasteiger partial charge on any atom is -0.480 e. The van der Waals surface area contributed by atoms with Crippen LogP contribution >= 0.6 is 0 Å². The van der Waals surface area contributed by atoms with Crippen LogP contribution in [0.2, 0.25) is 0 Å². The number of amides is 2. The van der Waals surface area contributed by atoms with Gasteiger partial charge in [0.15, 0.2) is 0 Å². The molecule has 110 valence electrons. The van der Waals surface area contributed by atoms with Crippen molar-refractivity contribution < 1.29 is 14.7 Å². The monoisotopic (exact) mass is 271 g/mol. The number of carboxylic acids is 1. The van der Waals surface area contributed by atoms with Gasteiger partial charge < -0.3 is 20.6 Å². The second kappa shape index (κ2) is 7.99. The van der Waals surface area contributed by atoms with E-state index < -0.39 is 18.0 Å². The third-order valence-electron chi connectivity index (χ3n) is 3.57. The molecule has 2 amide bonds. The molecule has 0 bridgehead atoms. The molecule has 1 aliphatic rings. The topological polar surface area (TPSA) is 81.7 Å². The van der Waals surface area contributed by atoms with Crippen LogP contribution in [0.25, 0.3) is 0 Å². The van der Waals surface area contributed by atoms with E-state index in [1.54, 1.807) is 0 Å². The zero-order valence-electron chi connectivity index (χ0n) is 11.8. The second-order valence-electron chi connectivity index (χ2n) is 5.19. The summed E-state index contributed by atoms with van der Waals surface area (Å²) in [7, 11) is 0. The molecule has 0 aromatic heterocycles. The maximum absolute atomic E-state index is 11.4. The Morgan fingerprint density at radius 1 is 1.42 bits per heavy atom. The fourth-order valence-corrected chi connectivity index (χ4v) is 2.28. The Balaban J connectivity index is 2.09. The number of aliphatic carboxylic acids is 1. The van der Waals surface area contributed by atoms with Gasteiger partial charge in [0.05, 0.1) is 0 Å². The molecular weight excluding hydrogens is 246 g/mol. The Morgan fingerprint density at radius 3 is 2.79 bits per heavy atom. The van der Waals surface area contributed by atoms with Gasteiger partial charge in [0.1, 0.15) is 6.04 Å². The van der Waals surface area contributed by atoms with E-state index in [9.17, 15) is 9.59 Å². The molecular formula is C13H25N3O3. The quantitative estimate of drug-likeness (QED) is 0.630. The predicted octanol–water partition coefficient (Wildman–Crippen LogP) is 1.02. The first-order valence-corrected chi connectivity index (χ1v) is 7.02. The van der Waals surface area contributed by atoms with Crippen molar-refractivity contribution in [2.75, 3.05) is 19.6 Å². The summed E-state index contributed by atoms with van der Waals surface area (Å²) in [6.07, 6.45) is 4.71. The summed E-state index contributed by atoms with van der Waals surface area (Å²) in [4.78, 5) is 24.4. The first-order chi connectivity index (χ1) is 9.00. The number of hydrogen-bond donors (Lipinski definition) is 3. The highest BCUT2D eigenvalue weighted by atomic mass is 16.4. The van der Waals surface area contributed by atoms with Gasteiger partial charge in [-0.15, -0.1) is 0 Å². The van der Waals surface area contributed by atoms with Gasteiger partial charge in [0.25, 0.3) is 0 Å². The van der Waals surface area contributed by atoms with Crippen LogP contribution < -0.4 is 10.6 Å². The van der Waals surface area contributed by atoms with Gasteiger partial charge in [-0.05, 0) is 39.7 Å². The third kappa shape index (κ3) is 5.92.